The number of aryl methyl sites for hydroxylation is 1. The number of aromatic nitrogens is 1. The monoisotopic (exact) mass is 323 g/mol. The van der Waals surface area contributed by atoms with Crippen LogP contribution >= 0.6 is 15.9 Å². The van der Waals surface area contributed by atoms with Gasteiger partial charge in [0.05, 0.1) is 5.56 Å². The van der Waals surface area contributed by atoms with Crippen LogP contribution in [0.2, 0.25) is 0 Å². The van der Waals surface area contributed by atoms with Gasteiger partial charge in [-0.2, -0.15) is 5.26 Å². The lowest BCUT2D eigenvalue weighted by Crippen LogP contribution is -2.02. The lowest BCUT2D eigenvalue weighted by atomic mass is 10.1. The minimum absolute atomic E-state index is 0.127. The van der Waals surface area contributed by atoms with Crippen molar-refractivity contribution in [3.05, 3.63) is 51.6 Å². The van der Waals surface area contributed by atoms with E-state index < -0.39 is 11.6 Å². The van der Waals surface area contributed by atoms with Crippen LogP contribution in [0.5, 0.6) is 0 Å². The predicted molar refractivity (Wildman–Crippen MR) is 71.0 cm³/mol. The smallest absolute Gasteiger partial charge is 0.150 e. The number of nitrogens with zero attached hydrogens (tertiary/aromatic N) is 2. The molecule has 96 valence electrons. The minimum Gasteiger partial charge on any atom is -0.334 e. The molecule has 0 amide bonds. The van der Waals surface area contributed by atoms with Crippen LogP contribution in [0.4, 0.5) is 20.3 Å². The number of nitriles is 1. The maximum atomic E-state index is 13.7. The summed E-state index contributed by atoms with van der Waals surface area (Å²) in [6, 6.07) is 5.87. The van der Waals surface area contributed by atoms with E-state index in [4.69, 9.17) is 5.26 Å². The average molecular weight is 324 g/mol. The lowest BCUT2D eigenvalue weighted by molar-refractivity contribution is 0.589. The molecule has 0 aliphatic carbocycles. The van der Waals surface area contributed by atoms with Gasteiger partial charge in [0.15, 0.2) is 11.6 Å². The molecule has 0 fully saturated rings. The van der Waals surface area contributed by atoms with Crippen molar-refractivity contribution in [1.82, 2.24) is 4.98 Å². The van der Waals surface area contributed by atoms with Gasteiger partial charge in [0, 0.05) is 10.7 Å². The molecule has 0 aliphatic rings. The fraction of sp³-hybridized carbons (Fsp3) is 0.0769. The van der Waals surface area contributed by atoms with Crippen LogP contribution in [-0.2, 0) is 0 Å². The van der Waals surface area contributed by atoms with Gasteiger partial charge in [-0.05, 0) is 30.7 Å². The third-order valence-electron chi connectivity index (χ3n) is 2.52. The zero-order valence-corrected chi connectivity index (χ0v) is 11.4. The first-order valence-corrected chi connectivity index (χ1v) is 6.09. The molecule has 1 aromatic heterocycles. The maximum absolute atomic E-state index is 13.7. The fourth-order valence-corrected chi connectivity index (χ4v) is 1.98. The van der Waals surface area contributed by atoms with E-state index in [1.54, 1.807) is 13.0 Å². The summed E-state index contributed by atoms with van der Waals surface area (Å²) in [4.78, 5) is 3.93. The number of hydrogen-bond acceptors (Lipinski definition) is 3. The van der Waals surface area contributed by atoms with Gasteiger partial charge < -0.3 is 5.32 Å². The molecule has 6 heteroatoms. The molecule has 0 saturated carbocycles. The average Bonchev–Trinajstić information content (AvgIpc) is 2.34. The van der Waals surface area contributed by atoms with Crippen LogP contribution < -0.4 is 5.32 Å². The molecule has 0 aliphatic heterocycles. The first-order chi connectivity index (χ1) is 9.02. The number of pyridine rings is 1. The van der Waals surface area contributed by atoms with Crippen LogP contribution in [0, 0.1) is 29.9 Å². The van der Waals surface area contributed by atoms with E-state index in [9.17, 15) is 8.78 Å². The number of rotatable bonds is 2. The third kappa shape index (κ3) is 2.71. The Morgan fingerprint density at radius 3 is 2.53 bits per heavy atom. The highest BCUT2D eigenvalue weighted by molar-refractivity contribution is 9.10. The number of benzene rings is 1. The van der Waals surface area contributed by atoms with Crippen molar-refractivity contribution in [3.8, 4) is 6.07 Å². The first-order valence-electron chi connectivity index (χ1n) is 5.30. The van der Waals surface area contributed by atoms with Gasteiger partial charge >= 0.3 is 0 Å². The van der Waals surface area contributed by atoms with Gasteiger partial charge in [-0.25, -0.2) is 13.8 Å². The molecule has 1 heterocycles. The quantitative estimate of drug-likeness (QED) is 0.907. The molecule has 19 heavy (non-hydrogen) atoms. The Bertz CT molecular complexity index is 657. The zero-order valence-electron chi connectivity index (χ0n) is 9.84. The Hall–Kier alpha value is -2.00. The molecule has 0 saturated heterocycles. The molecule has 0 spiro atoms. The van der Waals surface area contributed by atoms with Crippen molar-refractivity contribution in [2.45, 2.75) is 6.92 Å². The molecule has 3 nitrogen and oxygen atoms in total. The van der Waals surface area contributed by atoms with Gasteiger partial charge in [-0.3, -0.25) is 0 Å². The number of halogens is 3. The second kappa shape index (κ2) is 5.33. The number of anilines is 2. The summed E-state index contributed by atoms with van der Waals surface area (Å²) in [5, 5.41) is 11.6. The van der Waals surface area contributed by atoms with Crippen LogP contribution in [0.3, 0.4) is 0 Å². The molecular formula is C13H8BrF2N3. The molecule has 0 atom stereocenters. The third-order valence-corrected chi connectivity index (χ3v) is 2.98. The second-order valence-corrected chi connectivity index (χ2v) is 4.75. The van der Waals surface area contributed by atoms with Gasteiger partial charge in [0.25, 0.3) is 0 Å². The summed E-state index contributed by atoms with van der Waals surface area (Å²) >= 11 is 3.00. The Balaban J connectivity index is 2.49. The zero-order chi connectivity index (χ0) is 14.0. The van der Waals surface area contributed by atoms with Crippen molar-refractivity contribution in [1.29, 1.82) is 5.26 Å². The van der Waals surface area contributed by atoms with Crippen molar-refractivity contribution in [2.24, 2.45) is 0 Å². The van der Waals surface area contributed by atoms with Crippen LogP contribution in [0.1, 0.15) is 11.1 Å². The fourth-order valence-electron chi connectivity index (χ4n) is 1.57. The highest BCUT2D eigenvalue weighted by Crippen LogP contribution is 2.27. The van der Waals surface area contributed by atoms with Crippen LogP contribution in [0.25, 0.3) is 0 Å². The summed E-state index contributed by atoms with van der Waals surface area (Å²) in [6.45, 7) is 1.72. The Morgan fingerprint density at radius 1 is 1.32 bits per heavy atom. The maximum Gasteiger partial charge on any atom is 0.150 e. The standard InChI is InChI=1S/C13H8BrF2N3/c1-7-2-3-18-13(9(7)6-17)19-12-10(15)4-8(14)5-11(12)16/h2-5H,1H3,(H,18,19). The van der Waals surface area contributed by atoms with Crippen LogP contribution in [0.15, 0.2) is 28.9 Å². The topological polar surface area (TPSA) is 48.7 Å². The van der Waals surface area contributed by atoms with Crippen molar-refractivity contribution >= 4 is 27.4 Å². The summed E-state index contributed by atoms with van der Waals surface area (Å²) in [7, 11) is 0. The number of nitrogens with one attached hydrogen (secondary N) is 1. The normalized spacial score (nSPS) is 10.1. The molecule has 2 aromatic rings. The van der Waals surface area contributed by atoms with Crippen LogP contribution in [-0.4, -0.2) is 4.98 Å². The number of hydrogen-bond donors (Lipinski definition) is 1. The van der Waals surface area contributed by atoms with E-state index in [0.717, 1.165) is 12.1 Å². The minimum atomic E-state index is -0.765. The van der Waals surface area contributed by atoms with E-state index in [0.29, 0.717) is 10.0 Å². The predicted octanol–water partition coefficient (Wildman–Crippen LogP) is 4.05. The molecule has 1 aromatic carbocycles. The summed E-state index contributed by atoms with van der Waals surface area (Å²) in [5.74, 6) is -1.40. The largest absolute Gasteiger partial charge is 0.334 e. The highest BCUT2D eigenvalue weighted by Gasteiger charge is 2.14. The second-order valence-electron chi connectivity index (χ2n) is 3.83. The van der Waals surface area contributed by atoms with E-state index in [1.807, 2.05) is 6.07 Å². The molecular weight excluding hydrogens is 316 g/mol. The highest BCUT2D eigenvalue weighted by atomic mass is 79.9. The Kier molecular flexibility index (Phi) is 3.76. The van der Waals surface area contributed by atoms with Gasteiger partial charge in [-0.1, -0.05) is 15.9 Å². The first kappa shape index (κ1) is 13.4. The van der Waals surface area contributed by atoms with Gasteiger partial charge in [-0.15, -0.1) is 0 Å². The summed E-state index contributed by atoms with van der Waals surface area (Å²) < 4.78 is 27.7. The Morgan fingerprint density at radius 2 is 1.95 bits per heavy atom. The molecule has 1 N–H and O–H groups in total. The van der Waals surface area contributed by atoms with Crippen molar-refractivity contribution < 1.29 is 8.78 Å². The van der Waals surface area contributed by atoms with Gasteiger partial charge in [0.1, 0.15) is 17.6 Å². The Labute approximate surface area is 117 Å². The lowest BCUT2D eigenvalue weighted by Gasteiger charge is -2.10. The molecule has 0 unspecified atom stereocenters. The molecule has 2 rings (SSSR count). The van der Waals surface area contributed by atoms with Gasteiger partial charge in [0.2, 0.25) is 0 Å². The molecule has 0 radical (unpaired) electrons. The van der Waals surface area contributed by atoms with E-state index >= 15 is 0 Å². The van der Waals surface area contributed by atoms with Crippen molar-refractivity contribution in [3.63, 3.8) is 0 Å². The summed E-state index contributed by atoms with van der Waals surface area (Å²) in [6.07, 6.45) is 1.47. The van der Waals surface area contributed by atoms with E-state index in [-0.39, 0.29) is 17.1 Å². The SMILES string of the molecule is Cc1ccnc(Nc2c(F)cc(Br)cc2F)c1C#N. The van der Waals surface area contributed by atoms with Crippen molar-refractivity contribution in [2.75, 3.05) is 5.32 Å². The summed E-state index contributed by atoms with van der Waals surface area (Å²) in [5.41, 5.74) is 0.597. The van der Waals surface area contributed by atoms with E-state index in [1.165, 1.54) is 6.20 Å². The molecule has 0 bridgehead atoms. The van der Waals surface area contributed by atoms with E-state index in [2.05, 4.69) is 26.2 Å².